The highest BCUT2D eigenvalue weighted by molar-refractivity contribution is 7.99. The Balaban J connectivity index is 0.000000981. The maximum Gasteiger partial charge on any atom is 0.408 e. The lowest BCUT2D eigenvalue weighted by molar-refractivity contribution is -0.125. The van der Waals surface area contributed by atoms with E-state index in [1.54, 1.807) is 49.0 Å². The number of carbonyl (C=O) groups excluding carboxylic acids is 3. The first-order valence-electron chi connectivity index (χ1n) is 10.2. The van der Waals surface area contributed by atoms with E-state index in [0.717, 1.165) is 23.7 Å². The number of nitrogens with one attached hydrogen (secondary N) is 1. The molecule has 1 unspecified atom stereocenters. The van der Waals surface area contributed by atoms with Crippen LogP contribution in [0, 0.1) is 0 Å². The predicted molar refractivity (Wildman–Crippen MR) is 126 cm³/mol. The first-order valence-corrected chi connectivity index (χ1v) is 11.2. The minimum atomic E-state index is -0.621. The minimum absolute atomic E-state index is 0.0579. The van der Waals surface area contributed by atoms with E-state index in [2.05, 4.69) is 15.5 Å². The van der Waals surface area contributed by atoms with Crippen LogP contribution in [0.3, 0.4) is 0 Å². The zero-order chi connectivity index (χ0) is 25.0. The number of amides is 3. The fourth-order valence-corrected chi connectivity index (χ4v) is 2.92. The SMILES string of the molecule is CN(C)C(=O)CSc1nnc(C(Cc2ccccc2)NC(=O)OC(C)(C)C)o1.CN(C)C=O. The Morgan fingerprint density at radius 2 is 1.76 bits per heavy atom. The summed E-state index contributed by atoms with van der Waals surface area (Å²) in [6, 6.07) is 9.10. The molecule has 0 aliphatic heterocycles. The lowest BCUT2D eigenvalue weighted by Crippen LogP contribution is -2.36. The molecular weight excluding hydrogens is 446 g/mol. The third-order valence-corrected chi connectivity index (χ3v) is 4.53. The maximum absolute atomic E-state index is 12.3. The third kappa shape index (κ3) is 11.9. The van der Waals surface area contributed by atoms with Crippen molar-refractivity contribution < 1.29 is 23.5 Å². The summed E-state index contributed by atoms with van der Waals surface area (Å²) in [7, 11) is 6.74. The van der Waals surface area contributed by atoms with Crippen molar-refractivity contribution >= 4 is 30.2 Å². The predicted octanol–water partition coefficient (Wildman–Crippen LogP) is 2.76. The fraction of sp³-hybridized carbons (Fsp3) is 0.500. The molecule has 0 saturated heterocycles. The van der Waals surface area contributed by atoms with Crippen LogP contribution in [0.5, 0.6) is 0 Å². The molecule has 3 amide bonds. The summed E-state index contributed by atoms with van der Waals surface area (Å²) in [5, 5.41) is 11.1. The summed E-state index contributed by atoms with van der Waals surface area (Å²) in [4.78, 5) is 36.3. The van der Waals surface area contributed by atoms with E-state index in [1.165, 1.54) is 9.80 Å². The molecule has 2 rings (SSSR count). The number of carbonyl (C=O) groups is 3. The van der Waals surface area contributed by atoms with Crippen molar-refractivity contribution in [2.75, 3.05) is 33.9 Å². The topological polar surface area (TPSA) is 118 Å². The average molecular weight is 480 g/mol. The van der Waals surface area contributed by atoms with Gasteiger partial charge in [0.15, 0.2) is 0 Å². The summed E-state index contributed by atoms with van der Waals surface area (Å²) < 4.78 is 11.0. The van der Waals surface area contributed by atoms with Crippen molar-refractivity contribution in [1.29, 1.82) is 0 Å². The van der Waals surface area contributed by atoms with Crippen molar-refractivity contribution in [3.63, 3.8) is 0 Å². The van der Waals surface area contributed by atoms with Gasteiger partial charge in [0.1, 0.15) is 11.6 Å². The Morgan fingerprint density at radius 1 is 1.15 bits per heavy atom. The number of nitrogens with zero attached hydrogens (tertiary/aromatic N) is 4. The van der Waals surface area contributed by atoms with Gasteiger partial charge in [-0.2, -0.15) is 0 Å². The second-order valence-electron chi connectivity index (χ2n) is 8.44. The van der Waals surface area contributed by atoms with Crippen LogP contribution in [0.25, 0.3) is 0 Å². The number of benzene rings is 1. The maximum atomic E-state index is 12.3. The summed E-state index contributed by atoms with van der Waals surface area (Å²) in [5.41, 5.74) is 0.378. The van der Waals surface area contributed by atoms with Gasteiger partial charge in [-0.1, -0.05) is 42.1 Å². The smallest absolute Gasteiger partial charge is 0.408 e. The first kappa shape index (κ1) is 28.0. The third-order valence-electron chi connectivity index (χ3n) is 3.72. The second kappa shape index (κ2) is 13.5. The average Bonchev–Trinajstić information content (AvgIpc) is 3.20. The molecule has 0 aliphatic rings. The summed E-state index contributed by atoms with van der Waals surface area (Å²) >= 11 is 1.15. The molecule has 0 radical (unpaired) electrons. The second-order valence-corrected chi connectivity index (χ2v) is 9.37. The van der Waals surface area contributed by atoms with Gasteiger partial charge in [0, 0.05) is 34.6 Å². The molecule has 1 N–H and O–H groups in total. The van der Waals surface area contributed by atoms with E-state index in [-0.39, 0.29) is 22.8 Å². The van der Waals surface area contributed by atoms with Crippen molar-refractivity contribution in [2.24, 2.45) is 0 Å². The lowest BCUT2D eigenvalue weighted by atomic mass is 10.1. The Bertz CT molecular complexity index is 881. The van der Waals surface area contributed by atoms with Crippen molar-refractivity contribution in [3.8, 4) is 0 Å². The summed E-state index contributed by atoms with van der Waals surface area (Å²) in [6.45, 7) is 5.38. The van der Waals surface area contributed by atoms with Gasteiger partial charge < -0.3 is 24.3 Å². The molecule has 11 heteroatoms. The van der Waals surface area contributed by atoms with Crippen LogP contribution in [-0.4, -0.2) is 78.0 Å². The Morgan fingerprint density at radius 3 is 2.27 bits per heavy atom. The number of hydrogen-bond acceptors (Lipinski definition) is 8. The van der Waals surface area contributed by atoms with Crippen LogP contribution in [0.1, 0.15) is 38.3 Å². The number of rotatable bonds is 8. The molecule has 182 valence electrons. The van der Waals surface area contributed by atoms with Crippen molar-refractivity contribution in [1.82, 2.24) is 25.3 Å². The molecule has 1 aromatic carbocycles. The van der Waals surface area contributed by atoms with E-state index in [1.807, 2.05) is 30.3 Å². The molecule has 1 aromatic heterocycles. The van der Waals surface area contributed by atoms with Gasteiger partial charge in [-0.05, 0) is 26.3 Å². The molecule has 0 bridgehead atoms. The quantitative estimate of drug-likeness (QED) is 0.454. The standard InChI is InChI=1S/C19H26N4O4S.C3H7NO/c1-19(2,3)27-17(25)20-14(11-13-9-7-6-8-10-13)16-21-22-18(26-16)28-12-15(24)23(4)5;1-4(2)3-5/h6-10,14H,11-12H2,1-5H3,(H,20,25);3H,1-2H3. The zero-order valence-electron chi connectivity index (χ0n) is 20.2. The Hall–Kier alpha value is -3.08. The van der Waals surface area contributed by atoms with E-state index in [4.69, 9.17) is 9.15 Å². The van der Waals surface area contributed by atoms with Crippen LogP contribution < -0.4 is 5.32 Å². The van der Waals surface area contributed by atoms with E-state index < -0.39 is 17.7 Å². The molecule has 2 aromatic rings. The van der Waals surface area contributed by atoms with Gasteiger partial charge in [0.2, 0.25) is 18.2 Å². The van der Waals surface area contributed by atoms with Crippen LogP contribution in [0.15, 0.2) is 40.0 Å². The Kier molecular flexibility index (Phi) is 11.4. The summed E-state index contributed by atoms with van der Waals surface area (Å²) in [6.07, 6.45) is 0.645. The normalized spacial score (nSPS) is 11.5. The molecular formula is C22H33N5O5S. The van der Waals surface area contributed by atoms with Crippen LogP contribution in [-0.2, 0) is 20.7 Å². The number of aromatic nitrogens is 2. The van der Waals surface area contributed by atoms with E-state index >= 15 is 0 Å². The van der Waals surface area contributed by atoms with Crippen LogP contribution in [0.4, 0.5) is 4.79 Å². The van der Waals surface area contributed by atoms with Gasteiger partial charge in [-0.3, -0.25) is 9.59 Å². The van der Waals surface area contributed by atoms with Crippen molar-refractivity contribution in [2.45, 2.75) is 44.1 Å². The fourth-order valence-electron chi connectivity index (χ4n) is 2.17. The highest BCUT2D eigenvalue weighted by Gasteiger charge is 2.25. The van der Waals surface area contributed by atoms with E-state index in [0.29, 0.717) is 6.42 Å². The molecule has 33 heavy (non-hydrogen) atoms. The van der Waals surface area contributed by atoms with Gasteiger partial charge >= 0.3 is 6.09 Å². The molecule has 0 aliphatic carbocycles. The van der Waals surface area contributed by atoms with Gasteiger partial charge in [0.25, 0.3) is 5.22 Å². The number of alkyl carbamates (subject to hydrolysis) is 1. The molecule has 1 heterocycles. The first-order chi connectivity index (χ1) is 15.4. The largest absolute Gasteiger partial charge is 0.444 e. The van der Waals surface area contributed by atoms with Gasteiger partial charge in [0.05, 0.1) is 5.75 Å². The lowest BCUT2D eigenvalue weighted by Gasteiger charge is -2.22. The summed E-state index contributed by atoms with van der Waals surface area (Å²) in [5.74, 6) is 0.393. The van der Waals surface area contributed by atoms with E-state index in [9.17, 15) is 14.4 Å². The number of hydrogen-bond donors (Lipinski definition) is 1. The monoisotopic (exact) mass is 479 g/mol. The minimum Gasteiger partial charge on any atom is -0.444 e. The molecule has 0 spiro atoms. The van der Waals surface area contributed by atoms with Gasteiger partial charge in [-0.15, -0.1) is 10.2 Å². The molecule has 10 nitrogen and oxygen atoms in total. The molecule has 0 saturated carbocycles. The highest BCUT2D eigenvalue weighted by Crippen LogP contribution is 2.23. The van der Waals surface area contributed by atoms with Crippen LogP contribution >= 0.6 is 11.8 Å². The highest BCUT2D eigenvalue weighted by atomic mass is 32.2. The number of ether oxygens (including phenoxy) is 1. The molecule has 1 atom stereocenters. The Labute approximate surface area is 199 Å². The van der Waals surface area contributed by atoms with Crippen LogP contribution in [0.2, 0.25) is 0 Å². The van der Waals surface area contributed by atoms with Crippen molar-refractivity contribution in [3.05, 3.63) is 41.8 Å². The zero-order valence-corrected chi connectivity index (χ0v) is 21.0. The number of thioether (sulfide) groups is 1. The van der Waals surface area contributed by atoms with Gasteiger partial charge in [-0.25, -0.2) is 4.79 Å². The molecule has 0 fully saturated rings.